The van der Waals surface area contributed by atoms with Gasteiger partial charge in [-0.15, -0.1) is 0 Å². The standard InChI is InChI=1S/C14H21BO2/c1-3-15(4-2)11-8-12-17-14(16)13-9-6-5-7-10-13/h5-7,9-10H,3-4,8,11-12H2,1-2H3. The van der Waals surface area contributed by atoms with Gasteiger partial charge in [0.05, 0.1) is 12.2 Å². The van der Waals surface area contributed by atoms with Crippen LogP contribution in [-0.4, -0.2) is 19.3 Å². The van der Waals surface area contributed by atoms with Crippen molar-refractivity contribution < 1.29 is 9.53 Å². The van der Waals surface area contributed by atoms with Crippen molar-refractivity contribution >= 4 is 12.7 Å². The third-order valence-electron chi connectivity index (χ3n) is 3.15. The predicted octanol–water partition coefficient (Wildman–Crippen LogP) is 3.77. The van der Waals surface area contributed by atoms with E-state index in [1.807, 2.05) is 18.2 Å². The summed E-state index contributed by atoms with van der Waals surface area (Å²) in [6.45, 7) is 5.73. The summed E-state index contributed by atoms with van der Waals surface area (Å²) in [4.78, 5) is 11.6. The zero-order valence-electron chi connectivity index (χ0n) is 10.8. The van der Waals surface area contributed by atoms with E-state index in [0.717, 1.165) is 19.5 Å². The molecule has 1 aromatic carbocycles. The topological polar surface area (TPSA) is 26.3 Å². The highest BCUT2D eigenvalue weighted by Gasteiger charge is 2.09. The zero-order valence-corrected chi connectivity index (χ0v) is 10.8. The lowest BCUT2D eigenvalue weighted by molar-refractivity contribution is 0.0505. The van der Waals surface area contributed by atoms with Gasteiger partial charge in [-0.1, -0.05) is 51.0 Å². The molecule has 0 saturated heterocycles. The molecule has 0 amide bonds. The van der Waals surface area contributed by atoms with Crippen molar-refractivity contribution in [2.45, 2.75) is 39.2 Å². The summed E-state index contributed by atoms with van der Waals surface area (Å²) in [7, 11) is 0. The summed E-state index contributed by atoms with van der Waals surface area (Å²) in [5, 5.41) is 0. The Morgan fingerprint density at radius 1 is 1.18 bits per heavy atom. The average molecular weight is 232 g/mol. The van der Waals surface area contributed by atoms with Crippen LogP contribution in [0, 0.1) is 0 Å². The largest absolute Gasteiger partial charge is 0.462 e. The number of carbonyl (C=O) groups is 1. The average Bonchev–Trinajstić information content (AvgIpc) is 2.40. The summed E-state index contributed by atoms with van der Waals surface area (Å²) in [5.41, 5.74) is 0.634. The van der Waals surface area contributed by atoms with Crippen molar-refractivity contribution in [1.82, 2.24) is 0 Å². The molecule has 0 aliphatic carbocycles. The quantitative estimate of drug-likeness (QED) is 0.406. The summed E-state index contributed by atoms with van der Waals surface area (Å²) < 4.78 is 5.23. The first kappa shape index (κ1) is 13.8. The maximum absolute atomic E-state index is 11.6. The molecule has 0 radical (unpaired) electrons. The van der Waals surface area contributed by atoms with Gasteiger partial charge in [0.25, 0.3) is 0 Å². The number of esters is 1. The molecule has 0 fully saturated rings. The lowest BCUT2D eigenvalue weighted by Crippen LogP contribution is -2.11. The molecule has 0 bridgehead atoms. The van der Waals surface area contributed by atoms with Crippen LogP contribution in [0.15, 0.2) is 30.3 Å². The van der Waals surface area contributed by atoms with Gasteiger partial charge in [0.2, 0.25) is 0 Å². The summed E-state index contributed by atoms with van der Waals surface area (Å²) >= 11 is 0. The Balaban J connectivity index is 2.21. The Hall–Kier alpha value is -1.25. The van der Waals surface area contributed by atoms with Crippen molar-refractivity contribution in [3.05, 3.63) is 35.9 Å². The van der Waals surface area contributed by atoms with Crippen molar-refractivity contribution in [2.24, 2.45) is 0 Å². The second-order valence-corrected chi connectivity index (χ2v) is 4.33. The minimum atomic E-state index is -0.213. The lowest BCUT2D eigenvalue weighted by Gasteiger charge is -2.08. The highest BCUT2D eigenvalue weighted by molar-refractivity contribution is 6.58. The Labute approximate surface area is 104 Å². The molecule has 0 saturated carbocycles. The van der Waals surface area contributed by atoms with E-state index in [2.05, 4.69) is 13.8 Å². The normalized spacial score (nSPS) is 10.0. The molecule has 0 N–H and O–H groups in total. The van der Waals surface area contributed by atoms with E-state index in [1.54, 1.807) is 12.1 Å². The Morgan fingerprint density at radius 2 is 1.82 bits per heavy atom. The number of ether oxygens (including phenoxy) is 1. The molecule has 1 rings (SSSR count). The molecule has 1 aromatic rings. The van der Waals surface area contributed by atoms with Crippen molar-refractivity contribution in [3.63, 3.8) is 0 Å². The first-order valence-corrected chi connectivity index (χ1v) is 6.50. The molecule has 0 unspecified atom stereocenters. The van der Waals surface area contributed by atoms with Crippen LogP contribution < -0.4 is 0 Å². The molecule has 0 aliphatic rings. The highest BCUT2D eigenvalue weighted by atomic mass is 16.5. The maximum atomic E-state index is 11.6. The van der Waals surface area contributed by atoms with Gasteiger partial charge in [-0.3, -0.25) is 0 Å². The van der Waals surface area contributed by atoms with Gasteiger partial charge in [0, 0.05) is 0 Å². The van der Waals surface area contributed by atoms with Crippen molar-refractivity contribution in [1.29, 1.82) is 0 Å². The molecule has 92 valence electrons. The number of rotatable bonds is 7. The van der Waals surface area contributed by atoms with E-state index >= 15 is 0 Å². The van der Waals surface area contributed by atoms with Crippen molar-refractivity contribution in [3.8, 4) is 0 Å². The van der Waals surface area contributed by atoms with E-state index < -0.39 is 0 Å². The number of hydrogen-bond acceptors (Lipinski definition) is 2. The van der Waals surface area contributed by atoms with Crippen LogP contribution in [0.3, 0.4) is 0 Å². The van der Waals surface area contributed by atoms with Gasteiger partial charge in [-0.2, -0.15) is 0 Å². The van der Waals surface area contributed by atoms with Gasteiger partial charge in [0.15, 0.2) is 0 Å². The zero-order chi connectivity index (χ0) is 12.5. The molecule has 0 heterocycles. The van der Waals surface area contributed by atoms with E-state index in [9.17, 15) is 4.79 Å². The Bertz CT molecular complexity index is 320. The first-order chi connectivity index (χ1) is 8.27. The van der Waals surface area contributed by atoms with Gasteiger partial charge < -0.3 is 4.74 Å². The number of benzene rings is 1. The smallest absolute Gasteiger partial charge is 0.338 e. The van der Waals surface area contributed by atoms with E-state index in [1.165, 1.54) is 12.6 Å². The lowest BCUT2D eigenvalue weighted by atomic mass is 9.43. The molecule has 2 nitrogen and oxygen atoms in total. The molecule has 0 aliphatic heterocycles. The van der Waals surface area contributed by atoms with Gasteiger partial charge >= 0.3 is 5.97 Å². The maximum Gasteiger partial charge on any atom is 0.338 e. The summed E-state index contributed by atoms with van der Waals surface area (Å²) in [5.74, 6) is -0.213. The van der Waals surface area contributed by atoms with E-state index in [4.69, 9.17) is 4.74 Å². The second-order valence-electron chi connectivity index (χ2n) is 4.33. The summed E-state index contributed by atoms with van der Waals surface area (Å²) in [6, 6.07) is 9.15. The number of hydrogen-bond donors (Lipinski definition) is 0. The van der Waals surface area contributed by atoms with Crippen LogP contribution in [0.1, 0.15) is 30.6 Å². The predicted molar refractivity (Wildman–Crippen MR) is 72.9 cm³/mol. The third-order valence-corrected chi connectivity index (χ3v) is 3.15. The Morgan fingerprint density at radius 3 is 2.41 bits per heavy atom. The molecule has 0 atom stereocenters. The minimum absolute atomic E-state index is 0.213. The Kier molecular flexibility index (Phi) is 6.45. The van der Waals surface area contributed by atoms with E-state index in [0.29, 0.717) is 12.2 Å². The second kappa shape index (κ2) is 7.94. The summed E-state index contributed by atoms with van der Waals surface area (Å²) in [6.07, 6.45) is 4.53. The van der Waals surface area contributed by atoms with Gasteiger partial charge in [-0.05, 0) is 18.6 Å². The molecule has 3 heteroatoms. The molecule has 0 spiro atoms. The monoisotopic (exact) mass is 232 g/mol. The van der Waals surface area contributed by atoms with Crippen LogP contribution in [0.2, 0.25) is 19.0 Å². The fraction of sp³-hybridized carbons (Fsp3) is 0.500. The molecule has 0 aromatic heterocycles. The van der Waals surface area contributed by atoms with Crippen LogP contribution in [-0.2, 0) is 4.74 Å². The fourth-order valence-electron chi connectivity index (χ4n) is 1.89. The van der Waals surface area contributed by atoms with Crippen LogP contribution in [0.25, 0.3) is 0 Å². The molecular formula is C14H21BO2. The fourth-order valence-corrected chi connectivity index (χ4v) is 1.89. The molecule has 17 heavy (non-hydrogen) atoms. The van der Waals surface area contributed by atoms with Crippen LogP contribution in [0.5, 0.6) is 0 Å². The minimum Gasteiger partial charge on any atom is -0.462 e. The van der Waals surface area contributed by atoms with Crippen LogP contribution in [0.4, 0.5) is 0 Å². The SMILES string of the molecule is CCB(CC)CCCOC(=O)c1ccccc1. The first-order valence-electron chi connectivity index (χ1n) is 6.50. The highest BCUT2D eigenvalue weighted by Crippen LogP contribution is 2.08. The molecular weight excluding hydrogens is 211 g/mol. The van der Waals surface area contributed by atoms with Crippen molar-refractivity contribution in [2.75, 3.05) is 6.61 Å². The van der Waals surface area contributed by atoms with Gasteiger partial charge in [-0.25, -0.2) is 4.79 Å². The third kappa shape index (κ3) is 5.07. The number of carbonyl (C=O) groups excluding carboxylic acids is 1. The van der Waals surface area contributed by atoms with Crippen LogP contribution >= 0.6 is 0 Å². The van der Waals surface area contributed by atoms with Gasteiger partial charge in [0.1, 0.15) is 6.71 Å². The van der Waals surface area contributed by atoms with E-state index in [-0.39, 0.29) is 5.97 Å².